The van der Waals surface area contributed by atoms with Gasteiger partial charge >= 0.3 is 0 Å². The Bertz CT molecular complexity index is 922. The first kappa shape index (κ1) is 64.0. The van der Waals surface area contributed by atoms with Crippen LogP contribution >= 0.6 is 0 Å². The van der Waals surface area contributed by atoms with Crippen LogP contribution in [0.3, 0.4) is 0 Å². The first-order chi connectivity index (χ1) is 24.4. The van der Waals surface area contributed by atoms with Crippen molar-refractivity contribution in [2.24, 2.45) is 0 Å². The molecule has 5 aromatic rings. The van der Waals surface area contributed by atoms with Gasteiger partial charge in [0, 0.05) is 0 Å². The summed E-state index contributed by atoms with van der Waals surface area (Å²) in [7, 11) is 0. The molecule has 0 N–H and O–H groups in total. The number of hydrogen-bond acceptors (Lipinski definition) is 0. The Morgan fingerprint density at radius 3 is 0.531 bits per heavy atom. The van der Waals surface area contributed by atoms with E-state index < -0.39 is 0 Å². The molecule has 0 amide bonds. The lowest BCUT2D eigenvalue weighted by Gasteiger charge is -2.00. The van der Waals surface area contributed by atoms with Gasteiger partial charge in [-0.3, -0.25) is 0 Å². The molecule has 0 unspecified atom stereocenters. The third-order valence-electron chi connectivity index (χ3n) is 4.42. The van der Waals surface area contributed by atoms with E-state index in [1.165, 1.54) is 21.9 Å². The summed E-state index contributed by atoms with van der Waals surface area (Å²) in [5, 5.41) is 2.62. The lowest BCUT2D eigenvalue weighted by atomic mass is 10.1. The molecule has 5 rings (SSSR count). The number of fused-ring (bicyclic) bond motifs is 1. The Balaban J connectivity index is -0.0000000699. The van der Waals surface area contributed by atoms with Crippen molar-refractivity contribution < 1.29 is 0 Å². The minimum absolute atomic E-state index is 1.03. The molecule has 0 saturated carbocycles. The fourth-order valence-corrected chi connectivity index (χ4v) is 2.95. The number of benzene rings is 5. The zero-order valence-electron chi connectivity index (χ0n) is 36.6. The third-order valence-corrected chi connectivity index (χ3v) is 4.42. The van der Waals surface area contributed by atoms with Crippen LogP contribution < -0.4 is 0 Å². The maximum Gasteiger partial charge on any atom is -0.00258 e. The van der Waals surface area contributed by atoms with E-state index in [4.69, 9.17) is 0 Å². The minimum Gasteiger partial charge on any atom is -0.0683 e. The SMILES string of the molecule is CC.CC.CC.CC.CC.CC.CC.CC.CC.CC.c1ccc(Cc2ccccc2)cc1.c1ccc2ccccc2c1.c1ccccc1. The largest absolute Gasteiger partial charge is 0.0683 e. The molecule has 0 heteroatoms. The minimum atomic E-state index is 1.03. The molecule has 0 aliphatic rings. The Labute approximate surface area is 311 Å². The molecule has 0 bridgehead atoms. The maximum atomic E-state index is 2.16. The van der Waals surface area contributed by atoms with Crippen molar-refractivity contribution >= 4 is 10.8 Å². The van der Waals surface area contributed by atoms with Crippen molar-refractivity contribution in [3.05, 3.63) is 157 Å². The molecule has 0 aromatic heterocycles. The normalized spacial score (nSPS) is 6.86. The van der Waals surface area contributed by atoms with E-state index in [1.807, 2.05) is 175 Å². The molecule has 0 aliphatic heterocycles. The monoisotopic (exact) mass is 675 g/mol. The Hall–Kier alpha value is -3.64. The predicted octanol–water partition coefficient (Wildman–Crippen LogP) is 18.1. The van der Waals surface area contributed by atoms with Gasteiger partial charge in [-0.15, -0.1) is 0 Å². The molecule has 0 aliphatic carbocycles. The highest BCUT2D eigenvalue weighted by Crippen LogP contribution is 2.11. The molecule has 5 aromatic carbocycles. The summed E-state index contributed by atoms with van der Waals surface area (Å²) in [6.45, 7) is 40.0. The van der Waals surface area contributed by atoms with Gasteiger partial charge in [0.05, 0.1) is 0 Å². The second-order valence-electron chi connectivity index (χ2n) is 6.65. The highest BCUT2D eigenvalue weighted by molar-refractivity contribution is 5.82. The van der Waals surface area contributed by atoms with Crippen molar-refractivity contribution in [2.45, 2.75) is 145 Å². The smallest absolute Gasteiger partial charge is 0.00258 e. The summed E-state index contributed by atoms with van der Waals surface area (Å²) in [6.07, 6.45) is 1.03. The van der Waals surface area contributed by atoms with E-state index in [9.17, 15) is 0 Å². The number of hydrogen-bond donors (Lipinski definition) is 0. The van der Waals surface area contributed by atoms with Gasteiger partial charge in [0.15, 0.2) is 0 Å². The summed E-state index contributed by atoms with van der Waals surface area (Å²) in [6, 6.07) is 49.8. The highest BCUT2D eigenvalue weighted by atomic mass is 14.0. The van der Waals surface area contributed by atoms with Gasteiger partial charge in [-0.05, 0) is 28.3 Å². The standard InChI is InChI=1S/C13H12.C10H8.C6H6.10C2H6/c1-3-7-12(8-4-1)11-13-9-5-2-6-10-13;1-2-6-10-8-4-3-7-9(10)5-1;1-2-4-6-5-3-1;10*1-2/h1-10H,11H2;1-8H;1-6H;10*1-2H3. The molecule has 0 radical (unpaired) electrons. The topological polar surface area (TPSA) is 0 Å². The average molecular weight is 675 g/mol. The van der Waals surface area contributed by atoms with E-state index >= 15 is 0 Å². The maximum absolute atomic E-state index is 2.16. The van der Waals surface area contributed by atoms with Crippen molar-refractivity contribution in [2.75, 3.05) is 0 Å². The molecule has 0 spiro atoms. The molecular formula is C49H86. The second-order valence-corrected chi connectivity index (χ2v) is 6.65. The van der Waals surface area contributed by atoms with Crippen LogP contribution in [0.4, 0.5) is 0 Å². The lowest BCUT2D eigenvalue weighted by Crippen LogP contribution is -1.85. The van der Waals surface area contributed by atoms with Gasteiger partial charge in [0.25, 0.3) is 0 Å². The fourth-order valence-electron chi connectivity index (χ4n) is 2.95. The van der Waals surface area contributed by atoms with E-state index in [2.05, 4.69) is 109 Å². The van der Waals surface area contributed by atoms with Crippen LogP contribution in [0.5, 0.6) is 0 Å². The number of rotatable bonds is 2. The fraction of sp³-hybridized carbons (Fsp3) is 0.429. The molecular weight excluding hydrogens is 589 g/mol. The van der Waals surface area contributed by atoms with Crippen LogP contribution in [0.15, 0.2) is 146 Å². The Morgan fingerprint density at radius 1 is 0.204 bits per heavy atom. The van der Waals surface area contributed by atoms with Gasteiger partial charge in [-0.25, -0.2) is 0 Å². The summed E-state index contributed by atoms with van der Waals surface area (Å²) in [4.78, 5) is 0. The van der Waals surface area contributed by atoms with E-state index in [-0.39, 0.29) is 0 Å². The van der Waals surface area contributed by atoms with Gasteiger partial charge in [0.2, 0.25) is 0 Å². The summed E-state index contributed by atoms with van der Waals surface area (Å²) < 4.78 is 0. The third kappa shape index (κ3) is 48.9. The van der Waals surface area contributed by atoms with Crippen molar-refractivity contribution in [3.8, 4) is 0 Å². The molecule has 0 nitrogen and oxygen atoms in total. The van der Waals surface area contributed by atoms with Gasteiger partial charge in [-0.2, -0.15) is 0 Å². The first-order valence-corrected chi connectivity index (χ1v) is 19.9. The molecule has 49 heavy (non-hydrogen) atoms. The molecule has 0 fully saturated rings. The van der Waals surface area contributed by atoms with Gasteiger partial charge in [0.1, 0.15) is 0 Å². The van der Waals surface area contributed by atoms with Crippen LogP contribution in [-0.4, -0.2) is 0 Å². The van der Waals surface area contributed by atoms with Crippen LogP contribution in [0, 0.1) is 0 Å². The Morgan fingerprint density at radius 2 is 0.347 bits per heavy atom. The summed E-state index contributed by atoms with van der Waals surface area (Å²) in [5.41, 5.74) is 2.74. The highest BCUT2D eigenvalue weighted by Gasteiger charge is 1.92. The van der Waals surface area contributed by atoms with Gasteiger partial charge in [-0.1, -0.05) is 284 Å². The average Bonchev–Trinajstić information content (AvgIpc) is 3.27. The lowest BCUT2D eigenvalue weighted by molar-refractivity contribution is 1.19. The zero-order chi connectivity index (χ0) is 40.0. The quantitative estimate of drug-likeness (QED) is 0.175. The summed E-state index contributed by atoms with van der Waals surface area (Å²) >= 11 is 0. The van der Waals surface area contributed by atoms with Crippen molar-refractivity contribution in [1.82, 2.24) is 0 Å². The van der Waals surface area contributed by atoms with E-state index in [0.29, 0.717) is 0 Å². The zero-order valence-corrected chi connectivity index (χ0v) is 36.6. The molecule has 0 heterocycles. The summed E-state index contributed by atoms with van der Waals surface area (Å²) in [5.74, 6) is 0. The molecule has 0 saturated heterocycles. The van der Waals surface area contributed by atoms with Crippen molar-refractivity contribution in [3.63, 3.8) is 0 Å². The molecule has 282 valence electrons. The van der Waals surface area contributed by atoms with E-state index in [1.54, 1.807) is 0 Å². The second kappa shape index (κ2) is 74.9. The van der Waals surface area contributed by atoms with E-state index in [0.717, 1.165) is 6.42 Å². The van der Waals surface area contributed by atoms with Crippen LogP contribution in [0.2, 0.25) is 0 Å². The van der Waals surface area contributed by atoms with Gasteiger partial charge < -0.3 is 0 Å². The Kier molecular flexibility index (Phi) is 97.8. The van der Waals surface area contributed by atoms with Crippen LogP contribution in [0.1, 0.15) is 150 Å². The van der Waals surface area contributed by atoms with Crippen LogP contribution in [0.25, 0.3) is 10.8 Å². The van der Waals surface area contributed by atoms with Crippen molar-refractivity contribution in [1.29, 1.82) is 0 Å². The first-order valence-electron chi connectivity index (χ1n) is 19.9. The molecule has 0 atom stereocenters. The van der Waals surface area contributed by atoms with Crippen LogP contribution in [-0.2, 0) is 6.42 Å². The predicted molar refractivity (Wildman–Crippen MR) is 240 cm³/mol.